The molecule has 2 aromatic heterocycles. The van der Waals surface area contributed by atoms with Crippen molar-refractivity contribution in [3.63, 3.8) is 0 Å². The molecular weight excluding hydrogens is 434 g/mol. The number of halogens is 2. The quantitative estimate of drug-likeness (QED) is 0.595. The highest BCUT2D eigenvalue weighted by Crippen LogP contribution is 2.25. The molecule has 0 radical (unpaired) electrons. The maximum atomic E-state index is 12.2. The van der Waals surface area contributed by atoms with Crippen LogP contribution in [-0.4, -0.2) is 32.0 Å². The molecule has 9 heteroatoms. The van der Waals surface area contributed by atoms with Crippen LogP contribution < -0.4 is 10.1 Å². The molecule has 0 unspecified atom stereocenters. The molecule has 1 amide bonds. The van der Waals surface area contributed by atoms with Gasteiger partial charge >= 0.3 is 0 Å². The number of aryl methyl sites for hydroxylation is 2. The molecule has 2 heterocycles. The van der Waals surface area contributed by atoms with Gasteiger partial charge in [0.2, 0.25) is 0 Å². The average Bonchev–Trinajstić information content (AvgIpc) is 3.27. The van der Waals surface area contributed by atoms with Gasteiger partial charge in [-0.2, -0.15) is 10.2 Å². The van der Waals surface area contributed by atoms with Crippen LogP contribution in [0.15, 0.2) is 41.3 Å². The van der Waals surface area contributed by atoms with Gasteiger partial charge < -0.3 is 10.1 Å². The van der Waals surface area contributed by atoms with Gasteiger partial charge in [0.1, 0.15) is 11.4 Å². The van der Waals surface area contributed by atoms with E-state index in [-0.39, 0.29) is 12.6 Å². The predicted octanol–water partition coefficient (Wildman–Crippen LogP) is 3.58. The maximum absolute atomic E-state index is 12.2. The van der Waals surface area contributed by atoms with E-state index in [2.05, 4.69) is 31.4 Å². The van der Waals surface area contributed by atoms with E-state index in [9.17, 15) is 4.79 Å². The standard InChI is InChI=1S/C18H19BrClN5O2/c1-12-7-15(8-13(2)17(12)20)27-11-25-5-3-16(23-25)18(26)21-4-6-24-10-14(19)9-22-24/h3,5,7-10H,4,6,11H2,1-2H3,(H,21,26). The lowest BCUT2D eigenvalue weighted by atomic mass is 10.1. The number of carbonyl (C=O) groups is 1. The zero-order valence-corrected chi connectivity index (χ0v) is 17.3. The Hall–Kier alpha value is -2.32. The van der Waals surface area contributed by atoms with Gasteiger partial charge in [-0.05, 0) is 59.1 Å². The normalized spacial score (nSPS) is 10.8. The third kappa shape index (κ3) is 5.11. The Kier molecular flexibility index (Phi) is 6.18. The molecule has 1 aromatic carbocycles. The topological polar surface area (TPSA) is 74.0 Å². The summed E-state index contributed by atoms with van der Waals surface area (Å²) in [4.78, 5) is 12.2. The fourth-order valence-corrected chi connectivity index (χ4v) is 2.96. The lowest BCUT2D eigenvalue weighted by Crippen LogP contribution is -2.28. The Morgan fingerprint density at radius 3 is 2.70 bits per heavy atom. The Morgan fingerprint density at radius 2 is 2.04 bits per heavy atom. The summed E-state index contributed by atoms with van der Waals surface area (Å²) in [5, 5.41) is 11.9. The van der Waals surface area contributed by atoms with Crippen LogP contribution in [0.25, 0.3) is 0 Å². The van der Waals surface area contributed by atoms with Crippen LogP contribution in [0.5, 0.6) is 5.75 Å². The van der Waals surface area contributed by atoms with Crippen molar-refractivity contribution < 1.29 is 9.53 Å². The molecule has 27 heavy (non-hydrogen) atoms. The first-order valence-corrected chi connectivity index (χ1v) is 9.48. The van der Waals surface area contributed by atoms with E-state index in [1.165, 1.54) is 0 Å². The van der Waals surface area contributed by atoms with Crippen molar-refractivity contribution >= 4 is 33.4 Å². The van der Waals surface area contributed by atoms with Gasteiger partial charge in [-0.3, -0.25) is 9.48 Å². The van der Waals surface area contributed by atoms with Crippen LogP contribution in [0.1, 0.15) is 21.6 Å². The first-order valence-electron chi connectivity index (χ1n) is 8.31. The highest BCUT2D eigenvalue weighted by atomic mass is 79.9. The molecular formula is C18H19BrClN5O2. The van der Waals surface area contributed by atoms with Gasteiger partial charge in [0.15, 0.2) is 6.73 Å². The molecule has 7 nitrogen and oxygen atoms in total. The third-order valence-electron chi connectivity index (χ3n) is 3.87. The number of hydrogen-bond acceptors (Lipinski definition) is 4. The summed E-state index contributed by atoms with van der Waals surface area (Å²) >= 11 is 9.50. The molecule has 0 aliphatic rings. The summed E-state index contributed by atoms with van der Waals surface area (Å²) in [5.41, 5.74) is 2.25. The minimum atomic E-state index is -0.238. The molecule has 142 valence electrons. The summed E-state index contributed by atoms with van der Waals surface area (Å²) in [6.45, 7) is 5.10. The Bertz CT molecular complexity index is 930. The number of nitrogens with zero attached hydrogens (tertiary/aromatic N) is 4. The zero-order chi connectivity index (χ0) is 19.4. The van der Waals surface area contributed by atoms with Gasteiger partial charge in [0.25, 0.3) is 5.91 Å². The highest BCUT2D eigenvalue weighted by molar-refractivity contribution is 9.10. The third-order valence-corrected chi connectivity index (χ3v) is 4.88. The molecule has 0 aliphatic carbocycles. The number of amides is 1. The molecule has 0 atom stereocenters. The van der Waals surface area contributed by atoms with Crippen LogP contribution in [0.2, 0.25) is 5.02 Å². The van der Waals surface area contributed by atoms with Crippen molar-refractivity contribution in [3.05, 3.63) is 63.1 Å². The fourth-order valence-electron chi connectivity index (χ4n) is 2.52. The number of carbonyl (C=O) groups excluding carboxylic acids is 1. The molecule has 0 aliphatic heterocycles. The maximum Gasteiger partial charge on any atom is 0.271 e. The molecule has 3 rings (SSSR count). The second-order valence-corrected chi connectivity index (χ2v) is 7.36. The summed E-state index contributed by atoms with van der Waals surface area (Å²) in [7, 11) is 0. The van der Waals surface area contributed by atoms with E-state index in [0.29, 0.717) is 24.5 Å². The molecule has 0 saturated carbocycles. The van der Waals surface area contributed by atoms with Crippen molar-refractivity contribution in [2.75, 3.05) is 6.54 Å². The van der Waals surface area contributed by atoms with E-state index >= 15 is 0 Å². The summed E-state index contributed by atoms with van der Waals surface area (Å²) in [5.74, 6) is 0.472. The van der Waals surface area contributed by atoms with E-state index in [4.69, 9.17) is 16.3 Å². The first-order chi connectivity index (χ1) is 12.9. The Morgan fingerprint density at radius 1 is 1.30 bits per heavy atom. The van der Waals surface area contributed by atoms with E-state index in [0.717, 1.165) is 20.6 Å². The lowest BCUT2D eigenvalue weighted by molar-refractivity contribution is 0.0945. The number of hydrogen-bond donors (Lipinski definition) is 1. The number of nitrogens with one attached hydrogen (secondary N) is 1. The van der Waals surface area contributed by atoms with E-state index in [1.807, 2.05) is 32.2 Å². The molecule has 0 spiro atoms. The minimum Gasteiger partial charge on any atom is -0.471 e. The molecule has 0 bridgehead atoms. The number of aromatic nitrogens is 4. The van der Waals surface area contributed by atoms with Crippen LogP contribution in [-0.2, 0) is 13.3 Å². The highest BCUT2D eigenvalue weighted by Gasteiger charge is 2.10. The lowest BCUT2D eigenvalue weighted by Gasteiger charge is -2.10. The number of rotatable bonds is 7. The molecule has 0 fully saturated rings. The van der Waals surface area contributed by atoms with Gasteiger partial charge in [-0.15, -0.1) is 0 Å². The van der Waals surface area contributed by atoms with Crippen molar-refractivity contribution in [3.8, 4) is 5.75 Å². The number of benzene rings is 1. The van der Waals surface area contributed by atoms with Gasteiger partial charge in [-0.1, -0.05) is 11.6 Å². The molecule has 3 aromatic rings. The SMILES string of the molecule is Cc1cc(OCn2ccc(C(=O)NCCn3cc(Br)cn3)n2)cc(C)c1Cl. The van der Waals surface area contributed by atoms with Crippen molar-refractivity contribution in [1.82, 2.24) is 24.9 Å². The van der Waals surface area contributed by atoms with Gasteiger partial charge in [0.05, 0.1) is 17.2 Å². The van der Waals surface area contributed by atoms with Gasteiger partial charge in [-0.25, -0.2) is 4.68 Å². The second kappa shape index (κ2) is 8.58. The zero-order valence-electron chi connectivity index (χ0n) is 14.9. The van der Waals surface area contributed by atoms with Crippen LogP contribution in [0, 0.1) is 13.8 Å². The van der Waals surface area contributed by atoms with Crippen molar-refractivity contribution in [2.24, 2.45) is 0 Å². The van der Waals surface area contributed by atoms with E-state index < -0.39 is 0 Å². The summed E-state index contributed by atoms with van der Waals surface area (Å²) in [6.07, 6.45) is 5.25. The summed E-state index contributed by atoms with van der Waals surface area (Å²) in [6, 6.07) is 5.40. The Balaban J connectivity index is 1.51. The second-order valence-electron chi connectivity index (χ2n) is 6.06. The predicted molar refractivity (Wildman–Crippen MR) is 106 cm³/mol. The molecule has 1 N–H and O–H groups in total. The van der Waals surface area contributed by atoms with Crippen LogP contribution in [0.3, 0.4) is 0 Å². The van der Waals surface area contributed by atoms with Crippen LogP contribution in [0.4, 0.5) is 0 Å². The van der Waals surface area contributed by atoms with Gasteiger partial charge in [0, 0.05) is 24.0 Å². The summed E-state index contributed by atoms with van der Waals surface area (Å²) < 4.78 is 9.95. The molecule has 0 saturated heterocycles. The largest absolute Gasteiger partial charge is 0.471 e. The minimum absolute atomic E-state index is 0.203. The van der Waals surface area contributed by atoms with Crippen molar-refractivity contribution in [2.45, 2.75) is 27.1 Å². The smallest absolute Gasteiger partial charge is 0.271 e. The fraction of sp³-hybridized carbons (Fsp3) is 0.278. The van der Waals surface area contributed by atoms with Crippen molar-refractivity contribution in [1.29, 1.82) is 0 Å². The average molecular weight is 453 g/mol. The monoisotopic (exact) mass is 451 g/mol. The number of ether oxygens (including phenoxy) is 1. The van der Waals surface area contributed by atoms with Crippen LogP contribution >= 0.6 is 27.5 Å². The Labute approximate surface area is 170 Å². The van der Waals surface area contributed by atoms with E-state index in [1.54, 1.807) is 27.8 Å². The first kappa shape index (κ1) is 19.4.